The molecule has 0 spiro atoms. The molecule has 32 heavy (non-hydrogen) atoms. The Kier molecular flexibility index (Phi) is 5.93. The molecule has 1 atom stereocenters. The molecular weight excluding hydrogens is 449 g/mol. The summed E-state index contributed by atoms with van der Waals surface area (Å²) in [5.74, 6) is 0.125. The SMILES string of the molecule is COc1cn(-c2cccc(C(F)(F)F)c2)nc1C(=O)N1CCN(C2CCS(=O)(=O)C2)CC1. The maximum absolute atomic E-state index is 13.1. The Labute approximate surface area is 183 Å². The highest BCUT2D eigenvalue weighted by Gasteiger charge is 2.35. The number of amides is 1. The lowest BCUT2D eigenvalue weighted by Gasteiger charge is -2.37. The van der Waals surface area contributed by atoms with Crippen molar-refractivity contribution in [1.82, 2.24) is 19.6 Å². The van der Waals surface area contributed by atoms with Crippen LogP contribution >= 0.6 is 0 Å². The summed E-state index contributed by atoms with van der Waals surface area (Å²) in [6, 6.07) is 4.63. The molecule has 8 nitrogen and oxygen atoms in total. The normalized spacial score (nSPS) is 21.6. The number of carbonyl (C=O) groups is 1. The van der Waals surface area contributed by atoms with E-state index in [1.165, 1.54) is 30.1 Å². The molecular formula is C20H23F3N4O4S. The van der Waals surface area contributed by atoms with Crippen LogP contribution < -0.4 is 4.74 Å². The van der Waals surface area contributed by atoms with Crippen LogP contribution in [-0.2, 0) is 16.0 Å². The summed E-state index contributed by atoms with van der Waals surface area (Å²) >= 11 is 0. The molecule has 2 aromatic rings. The highest BCUT2D eigenvalue weighted by atomic mass is 32.2. The van der Waals surface area contributed by atoms with Crippen molar-refractivity contribution in [3.05, 3.63) is 41.7 Å². The van der Waals surface area contributed by atoms with Gasteiger partial charge in [0.25, 0.3) is 5.91 Å². The first-order valence-corrected chi connectivity index (χ1v) is 11.9. The quantitative estimate of drug-likeness (QED) is 0.675. The van der Waals surface area contributed by atoms with Crippen molar-refractivity contribution >= 4 is 15.7 Å². The first-order chi connectivity index (χ1) is 15.1. The number of sulfone groups is 1. The van der Waals surface area contributed by atoms with Crippen LogP contribution in [0.5, 0.6) is 5.75 Å². The Morgan fingerprint density at radius 1 is 1.19 bits per heavy atom. The summed E-state index contributed by atoms with van der Waals surface area (Å²) in [7, 11) is -1.62. The monoisotopic (exact) mass is 472 g/mol. The molecule has 1 aromatic heterocycles. The van der Waals surface area contributed by atoms with Gasteiger partial charge in [0.2, 0.25) is 0 Å². The van der Waals surface area contributed by atoms with Crippen molar-refractivity contribution in [2.75, 3.05) is 44.8 Å². The van der Waals surface area contributed by atoms with Crippen molar-refractivity contribution in [1.29, 1.82) is 0 Å². The zero-order valence-electron chi connectivity index (χ0n) is 17.4. The smallest absolute Gasteiger partial charge is 0.416 e. The van der Waals surface area contributed by atoms with E-state index in [9.17, 15) is 26.4 Å². The third-order valence-corrected chi connectivity index (χ3v) is 7.62. The molecule has 3 heterocycles. The molecule has 1 aromatic carbocycles. The lowest BCUT2D eigenvalue weighted by Crippen LogP contribution is -2.52. The number of hydrogen-bond acceptors (Lipinski definition) is 6. The van der Waals surface area contributed by atoms with Gasteiger partial charge in [-0.05, 0) is 24.6 Å². The molecule has 2 fully saturated rings. The second-order valence-corrected chi connectivity index (χ2v) is 10.2. The van der Waals surface area contributed by atoms with Crippen LogP contribution in [0.1, 0.15) is 22.5 Å². The van der Waals surface area contributed by atoms with Gasteiger partial charge < -0.3 is 9.64 Å². The molecule has 0 N–H and O–H groups in total. The molecule has 2 aliphatic rings. The fraction of sp³-hybridized carbons (Fsp3) is 0.500. The number of hydrogen-bond donors (Lipinski definition) is 0. The summed E-state index contributed by atoms with van der Waals surface area (Å²) in [5.41, 5.74) is -0.645. The number of aromatic nitrogens is 2. The average molecular weight is 472 g/mol. The highest BCUT2D eigenvalue weighted by molar-refractivity contribution is 7.91. The lowest BCUT2D eigenvalue weighted by molar-refractivity contribution is -0.137. The first-order valence-electron chi connectivity index (χ1n) is 10.1. The van der Waals surface area contributed by atoms with Gasteiger partial charge in [0, 0.05) is 32.2 Å². The Hall–Kier alpha value is -2.60. The Balaban J connectivity index is 1.49. The summed E-state index contributed by atoms with van der Waals surface area (Å²) in [5, 5.41) is 4.21. The fourth-order valence-electron chi connectivity index (χ4n) is 4.12. The summed E-state index contributed by atoms with van der Waals surface area (Å²) in [6.45, 7) is 1.88. The first kappa shape index (κ1) is 22.6. The third kappa shape index (κ3) is 4.60. The van der Waals surface area contributed by atoms with Crippen molar-refractivity contribution in [3.8, 4) is 11.4 Å². The molecule has 0 aliphatic carbocycles. The van der Waals surface area contributed by atoms with E-state index in [-0.39, 0.29) is 40.6 Å². The van der Waals surface area contributed by atoms with Crippen molar-refractivity contribution < 1.29 is 31.1 Å². The third-order valence-electron chi connectivity index (χ3n) is 5.87. The number of carbonyl (C=O) groups excluding carboxylic acids is 1. The number of benzene rings is 1. The molecule has 0 radical (unpaired) electrons. The standard InChI is InChI=1S/C20H23F3N4O4S/c1-31-17-12-27(15-4-2-3-14(11-15)20(21,22)23)24-18(17)19(28)26-8-6-25(7-9-26)16-5-10-32(29,30)13-16/h2-4,11-12,16H,5-10,13H2,1H3. The largest absolute Gasteiger partial charge is 0.493 e. The Morgan fingerprint density at radius 3 is 2.50 bits per heavy atom. The Bertz CT molecular complexity index is 1110. The van der Waals surface area contributed by atoms with Gasteiger partial charge in [-0.25, -0.2) is 13.1 Å². The lowest BCUT2D eigenvalue weighted by atomic mass is 10.2. The number of piperazine rings is 1. The predicted molar refractivity (Wildman–Crippen MR) is 110 cm³/mol. The van der Waals surface area contributed by atoms with E-state index >= 15 is 0 Å². The average Bonchev–Trinajstić information content (AvgIpc) is 3.36. The van der Waals surface area contributed by atoms with Crippen LogP contribution in [-0.4, -0.2) is 84.7 Å². The number of ether oxygens (including phenoxy) is 1. The van der Waals surface area contributed by atoms with Gasteiger partial charge in [0.05, 0.1) is 36.1 Å². The number of rotatable bonds is 4. The van der Waals surface area contributed by atoms with E-state index in [1.807, 2.05) is 0 Å². The molecule has 174 valence electrons. The summed E-state index contributed by atoms with van der Waals surface area (Å²) in [4.78, 5) is 16.7. The van der Waals surface area contributed by atoms with Gasteiger partial charge in [0.1, 0.15) is 0 Å². The van der Waals surface area contributed by atoms with Gasteiger partial charge in [0.15, 0.2) is 21.3 Å². The van der Waals surface area contributed by atoms with Gasteiger partial charge in [-0.2, -0.15) is 18.3 Å². The minimum absolute atomic E-state index is 0.0156. The Morgan fingerprint density at radius 2 is 1.91 bits per heavy atom. The van der Waals surface area contributed by atoms with Gasteiger partial charge >= 0.3 is 6.18 Å². The molecule has 2 saturated heterocycles. The summed E-state index contributed by atoms with van der Waals surface area (Å²) < 4.78 is 69.0. The fourth-order valence-corrected chi connectivity index (χ4v) is 5.88. The highest BCUT2D eigenvalue weighted by Crippen LogP contribution is 2.31. The second-order valence-electron chi connectivity index (χ2n) is 7.92. The van der Waals surface area contributed by atoms with E-state index in [2.05, 4.69) is 10.00 Å². The zero-order chi connectivity index (χ0) is 23.1. The number of halogens is 3. The van der Waals surface area contributed by atoms with Crippen molar-refractivity contribution in [2.45, 2.75) is 18.6 Å². The van der Waals surface area contributed by atoms with Crippen molar-refractivity contribution in [3.63, 3.8) is 0 Å². The molecule has 0 bridgehead atoms. The number of nitrogens with zero attached hydrogens (tertiary/aromatic N) is 4. The van der Waals surface area contributed by atoms with Crippen LogP contribution in [0, 0.1) is 0 Å². The van der Waals surface area contributed by atoms with E-state index in [4.69, 9.17) is 4.74 Å². The van der Waals surface area contributed by atoms with Gasteiger partial charge in [-0.15, -0.1) is 0 Å². The van der Waals surface area contributed by atoms with E-state index in [1.54, 1.807) is 4.90 Å². The molecule has 1 unspecified atom stereocenters. The molecule has 0 saturated carbocycles. The van der Waals surface area contributed by atoms with Crippen LogP contribution in [0.15, 0.2) is 30.5 Å². The molecule has 2 aliphatic heterocycles. The van der Waals surface area contributed by atoms with Crippen LogP contribution in [0.2, 0.25) is 0 Å². The summed E-state index contributed by atoms with van der Waals surface area (Å²) in [6.07, 6.45) is -2.52. The van der Waals surface area contributed by atoms with Gasteiger partial charge in [-0.3, -0.25) is 9.69 Å². The van der Waals surface area contributed by atoms with Gasteiger partial charge in [-0.1, -0.05) is 6.07 Å². The maximum Gasteiger partial charge on any atom is 0.416 e. The zero-order valence-corrected chi connectivity index (χ0v) is 18.2. The molecule has 12 heteroatoms. The van der Waals surface area contributed by atoms with E-state index in [0.717, 1.165) is 12.1 Å². The number of methoxy groups -OCH3 is 1. The van der Waals surface area contributed by atoms with Crippen LogP contribution in [0.25, 0.3) is 5.69 Å². The molecule has 1 amide bonds. The van der Waals surface area contributed by atoms with Crippen LogP contribution in [0.4, 0.5) is 13.2 Å². The predicted octanol–water partition coefficient (Wildman–Crippen LogP) is 1.84. The van der Waals surface area contributed by atoms with E-state index < -0.39 is 21.6 Å². The minimum atomic E-state index is -4.50. The number of alkyl halides is 3. The topological polar surface area (TPSA) is 84.7 Å². The maximum atomic E-state index is 13.1. The van der Waals surface area contributed by atoms with Crippen LogP contribution in [0.3, 0.4) is 0 Å². The van der Waals surface area contributed by atoms with E-state index in [0.29, 0.717) is 32.6 Å². The second kappa shape index (κ2) is 8.39. The molecule has 4 rings (SSSR count). The minimum Gasteiger partial charge on any atom is -0.493 e. The van der Waals surface area contributed by atoms with Crippen molar-refractivity contribution in [2.24, 2.45) is 0 Å².